The first-order chi connectivity index (χ1) is 16.5. The number of rotatable bonds is 9. The number of carboxylic acid groups (broad SMARTS) is 1. The van der Waals surface area contributed by atoms with Crippen LogP contribution >= 0.6 is 0 Å². The summed E-state index contributed by atoms with van der Waals surface area (Å²) in [6, 6.07) is 16.4. The van der Waals surface area contributed by atoms with Crippen molar-refractivity contribution in [1.29, 1.82) is 0 Å². The van der Waals surface area contributed by atoms with Crippen LogP contribution in [0.4, 0.5) is 22.9 Å². The van der Waals surface area contributed by atoms with E-state index in [9.17, 15) is 19.5 Å². The number of hydrogen-bond acceptors (Lipinski definition) is 7. The minimum atomic E-state index is -1.09. The molecule has 3 aromatic carbocycles. The van der Waals surface area contributed by atoms with Crippen LogP contribution in [0.3, 0.4) is 0 Å². The molecule has 1 atom stereocenters. The number of aromatic nitrogens is 1. The summed E-state index contributed by atoms with van der Waals surface area (Å²) in [5, 5.41) is 21.0. The molecule has 5 rings (SSSR count). The van der Waals surface area contributed by atoms with Gasteiger partial charge >= 0.3 is 5.97 Å². The minimum absolute atomic E-state index is 0.0737. The molecular weight excluding hydrogens is 432 g/mol. The van der Waals surface area contributed by atoms with Crippen LogP contribution in [0.1, 0.15) is 24.8 Å². The number of benzene rings is 2. The van der Waals surface area contributed by atoms with Gasteiger partial charge < -0.3 is 21.1 Å². The fraction of sp³-hybridized carbons (Fsp3) is 0.231. The molecule has 8 nitrogen and oxygen atoms in total. The molecule has 0 aliphatic heterocycles. The van der Waals surface area contributed by atoms with E-state index in [2.05, 4.69) is 20.9 Å². The van der Waals surface area contributed by atoms with Crippen molar-refractivity contribution in [2.75, 3.05) is 16.0 Å². The molecule has 172 valence electrons. The normalized spacial score (nSPS) is 14.5. The molecular formula is C26H24N4O4. The highest BCUT2D eigenvalue weighted by Gasteiger charge is 2.29. The molecule has 1 heterocycles. The average molecular weight is 457 g/mol. The third-order valence-electron chi connectivity index (χ3n) is 6.31. The Balaban J connectivity index is 1.28. The van der Waals surface area contributed by atoms with Crippen molar-refractivity contribution in [3.05, 3.63) is 86.8 Å². The first-order valence-corrected chi connectivity index (χ1v) is 11.3. The molecule has 1 aromatic heterocycles. The molecule has 0 bridgehead atoms. The van der Waals surface area contributed by atoms with Crippen molar-refractivity contribution in [2.45, 2.75) is 37.8 Å². The van der Waals surface area contributed by atoms with Crippen LogP contribution in [0.25, 0.3) is 10.8 Å². The summed E-state index contributed by atoms with van der Waals surface area (Å²) in [5.74, 6) is -0.354. The van der Waals surface area contributed by atoms with Crippen LogP contribution < -0.4 is 26.8 Å². The van der Waals surface area contributed by atoms with E-state index in [0.29, 0.717) is 0 Å². The lowest BCUT2D eigenvalue weighted by Gasteiger charge is -2.29. The molecule has 34 heavy (non-hydrogen) atoms. The number of fused-ring (bicyclic) bond motifs is 1. The van der Waals surface area contributed by atoms with E-state index in [1.807, 2.05) is 54.6 Å². The SMILES string of the molecule is O=C(O)[C@H](Cc1ccc(Nc2nccc3ccccc23)cc1)Nc1c(NC2CCC2)c(=O)c1=O. The highest BCUT2D eigenvalue weighted by molar-refractivity contribution is 5.93. The van der Waals surface area contributed by atoms with Gasteiger partial charge in [-0.05, 0) is 48.4 Å². The van der Waals surface area contributed by atoms with Crippen LogP contribution in [-0.4, -0.2) is 28.1 Å². The Morgan fingerprint density at radius 1 is 1.00 bits per heavy atom. The summed E-state index contributed by atoms with van der Waals surface area (Å²) in [6.07, 6.45) is 4.86. The van der Waals surface area contributed by atoms with Gasteiger partial charge in [-0.3, -0.25) is 9.59 Å². The molecule has 0 unspecified atom stereocenters. The smallest absolute Gasteiger partial charge is 0.326 e. The maximum atomic E-state index is 12.1. The summed E-state index contributed by atoms with van der Waals surface area (Å²) < 4.78 is 0. The van der Waals surface area contributed by atoms with Crippen LogP contribution in [0.5, 0.6) is 0 Å². The third-order valence-corrected chi connectivity index (χ3v) is 6.31. The lowest BCUT2D eigenvalue weighted by molar-refractivity contribution is -0.137. The highest BCUT2D eigenvalue weighted by atomic mass is 16.4. The Labute approximate surface area is 195 Å². The monoisotopic (exact) mass is 456 g/mol. The summed E-state index contributed by atoms with van der Waals surface area (Å²) in [6.45, 7) is 0. The molecule has 0 radical (unpaired) electrons. The molecule has 0 saturated heterocycles. The summed E-state index contributed by atoms with van der Waals surface area (Å²) in [7, 11) is 0. The number of hydrogen-bond donors (Lipinski definition) is 4. The highest BCUT2D eigenvalue weighted by Crippen LogP contribution is 2.27. The van der Waals surface area contributed by atoms with Gasteiger partial charge in [-0.1, -0.05) is 36.4 Å². The quantitative estimate of drug-likeness (QED) is 0.282. The van der Waals surface area contributed by atoms with Crippen LogP contribution in [0.15, 0.2) is 70.4 Å². The Bertz CT molecular complexity index is 1410. The van der Waals surface area contributed by atoms with Crippen molar-refractivity contribution in [1.82, 2.24) is 4.98 Å². The van der Waals surface area contributed by atoms with Crippen LogP contribution in [0, 0.1) is 0 Å². The summed E-state index contributed by atoms with van der Waals surface area (Å²) in [4.78, 5) is 40.3. The van der Waals surface area contributed by atoms with Gasteiger partial charge in [0.15, 0.2) is 0 Å². The summed E-state index contributed by atoms with van der Waals surface area (Å²) >= 11 is 0. The number of carbonyl (C=O) groups is 1. The van der Waals surface area contributed by atoms with E-state index in [4.69, 9.17) is 0 Å². The van der Waals surface area contributed by atoms with Gasteiger partial charge in [-0.25, -0.2) is 9.78 Å². The summed E-state index contributed by atoms with van der Waals surface area (Å²) in [5.41, 5.74) is 0.629. The van der Waals surface area contributed by atoms with E-state index in [-0.39, 0.29) is 23.8 Å². The number of anilines is 4. The second-order valence-electron chi connectivity index (χ2n) is 8.62. The molecule has 1 aliphatic rings. The number of nitrogens with zero attached hydrogens (tertiary/aromatic N) is 1. The fourth-order valence-electron chi connectivity index (χ4n) is 4.11. The van der Waals surface area contributed by atoms with Crippen molar-refractivity contribution < 1.29 is 9.90 Å². The molecule has 1 aliphatic carbocycles. The van der Waals surface area contributed by atoms with Gasteiger partial charge in [0.05, 0.1) is 0 Å². The molecule has 1 saturated carbocycles. The molecule has 0 amide bonds. The average Bonchev–Trinajstić information content (AvgIpc) is 2.82. The topological polar surface area (TPSA) is 120 Å². The van der Waals surface area contributed by atoms with E-state index in [1.165, 1.54) is 0 Å². The number of pyridine rings is 1. The van der Waals surface area contributed by atoms with E-state index in [0.717, 1.165) is 47.1 Å². The third kappa shape index (κ3) is 4.22. The van der Waals surface area contributed by atoms with Crippen molar-refractivity contribution in [3.8, 4) is 0 Å². The van der Waals surface area contributed by atoms with Gasteiger partial charge in [-0.2, -0.15) is 0 Å². The minimum Gasteiger partial charge on any atom is -0.480 e. The van der Waals surface area contributed by atoms with E-state index >= 15 is 0 Å². The van der Waals surface area contributed by atoms with Gasteiger partial charge in [0.25, 0.3) is 10.9 Å². The molecule has 8 heteroatoms. The van der Waals surface area contributed by atoms with E-state index in [1.54, 1.807) is 6.20 Å². The zero-order chi connectivity index (χ0) is 23.7. The zero-order valence-electron chi connectivity index (χ0n) is 18.4. The lowest BCUT2D eigenvalue weighted by Crippen LogP contribution is -2.44. The van der Waals surface area contributed by atoms with Crippen LogP contribution in [0.2, 0.25) is 0 Å². The Morgan fingerprint density at radius 3 is 2.44 bits per heavy atom. The molecule has 1 fully saturated rings. The predicted octanol–water partition coefficient (Wildman–Crippen LogP) is 3.65. The second kappa shape index (κ2) is 8.97. The van der Waals surface area contributed by atoms with Gasteiger partial charge in [0.2, 0.25) is 0 Å². The van der Waals surface area contributed by atoms with Crippen molar-refractivity contribution in [3.63, 3.8) is 0 Å². The second-order valence-corrected chi connectivity index (χ2v) is 8.62. The fourth-order valence-corrected chi connectivity index (χ4v) is 4.11. The molecule has 4 N–H and O–H groups in total. The Morgan fingerprint density at radius 2 is 1.74 bits per heavy atom. The predicted molar refractivity (Wildman–Crippen MR) is 133 cm³/mol. The van der Waals surface area contributed by atoms with Gasteiger partial charge in [0.1, 0.15) is 23.2 Å². The molecule has 0 spiro atoms. The van der Waals surface area contributed by atoms with E-state index < -0.39 is 22.9 Å². The van der Waals surface area contributed by atoms with Crippen LogP contribution in [-0.2, 0) is 11.2 Å². The maximum absolute atomic E-state index is 12.1. The Hall–Kier alpha value is -4.20. The number of aliphatic carboxylic acids is 1. The lowest BCUT2D eigenvalue weighted by atomic mass is 9.92. The van der Waals surface area contributed by atoms with Gasteiger partial charge in [0, 0.05) is 29.7 Å². The number of carboxylic acids is 1. The number of nitrogens with one attached hydrogen (secondary N) is 3. The maximum Gasteiger partial charge on any atom is 0.326 e. The standard InChI is InChI=1S/C26H24N4O4/c31-23-21(28-17-5-3-6-17)22(24(23)32)30-20(26(33)34)14-15-8-10-18(11-9-15)29-25-19-7-2-1-4-16(19)12-13-27-25/h1-2,4,7-13,17,20,28,30H,3,5-6,14H2,(H,27,29)(H,33,34)/t20-/m0/s1. The first-order valence-electron chi connectivity index (χ1n) is 11.3. The largest absolute Gasteiger partial charge is 0.480 e. The van der Waals surface area contributed by atoms with Gasteiger partial charge in [-0.15, -0.1) is 0 Å². The zero-order valence-corrected chi connectivity index (χ0v) is 18.4. The first kappa shape index (κ1) is 21.6. The molecule has 4 aromatic rings. The van der Waals surface area contributed by atoms with Crippen molar-refractivity contribution in [2.24, 2.45) is 0 Å². The van der Waals surface area contributed by atoms with Crippen molar-refractivity contribution >= 4 is 39.6 Å². The Kier molecular flexibility index (Phi) is 5.71.